The summed E-state index contributed by atoms with van der Waals surface area (Å²) in [5.41, 5.74) is 1.19. The van der Waals surface area contributed by atoms with Gasteiger partial charge in [-0.05, 0) is 36.8 Å². The second-order valence-electron chi connectivity index (χ2n) is 3.36. The maximum atomic E-state index is 11.3. The van der Waals surface area contributed by atoms with Crippen LogP contribution in [0.4, 0.5) is 9.80 Å². The van der Waals surface area contributed by atoms with Crippen molar-refractivity contribution in [2.45, 2.75) is 25.8 Å². The summed E-state index contributed by atoms with van der Waals surface area (Å²) in [6.45, 7) is 2.01. The maximum absolute atomic E-state index is 11.3. The molecule has 1 aliphatic carbocycles. The van der Waals surface area contributed by atoms with Gasteiger partial charge < -0.3 is 5.32 Å². The van der Waals surface area contributed by atoms with Crippen molar-refractivity contribution in [3.8, 4) is 0 Å². The Balaban J connectivity index is 1.85. The average molecular weight is 196 g/mol. The highest BCUT2D eigenvalue weighted by atomic mass is 32.1. The Hall–Kier alpha value is -1.03. The third kappa shape index (κ3) is 2.45. The highest BCUT2D eigenvalue weighted by Gasteiger charge is 2.23. The molecule has 3 nitrogen and oxygen atoms in total. The van der Waals surface area contributed by atoms with Gasteiger partial charge >= 0.3 is 6.03 Å². The molecule has 0 atom stereocenters. The van der Waals surface area contributed by atoms with Crippen LogP contribution in [0.1, 0.15) is 18.4 Å². The Labute approximate surface area is 81.2 Å². The van der Waals surface area contributed by atoms with E-state index in [0.717, 1.165) is 17.8 Å². The molecule has 1 aromatic heterocycles. The lowest BCUT2D eigenvalue weighted by Crippen LogP contribution is -2.29. The van der Waals surface area contributed by atoms with Crippen LogP contribution < -0.4 is 10.6 Å². The van der Waals surface area contributed by atoms with E-state index in [0.29, 0.717) is 6.04 Å². The highest BCUT2D eigenvalue weighted by molar-refractivity contribution is 7.14. The van der Waals surface area contributed by atoms with Crippen LogP contribution >= 0.6 is 11.3 Å². The molecule has 0 unspecified atom stereocenters. The zero-order chi connectivity index (χ0) is 9.26. The lowest BCUT2D eigenvalue weighted by molar-refractivity contribution is 0.252. The second-order valence-corrected chi connectivity index (χ2v) is 4.27. The van der Waals surface area contributed by atoms with Crippen molar-refractivity contribution in [1.82, 2.24) is 5.32 Å². The van der Waals surface area contributed by atoms with E-state index in [2.05, 4.69) is 10.6 Å². The minimum atomic E-state index is -0.0793. The molecule has 1 fully saturated rings. The molecule has 2 amide bonds. The smallest absolute Gasteiger partial charge is 0.320 e. The summed E-state index contributed by atoms with van der Waals surface area (Å²) in [6, 6.07) is 2.31. The number of rotatable bonds is 2. The van der Waals surface area contributed by atoms with Gasteiger partial charge in [-0.2, -0.15) is 0 Å². The quantitative estimate of drug-likeness (QED) is 0.749. The molecule has 1 aromatic rings. The van der Waals surface area contributed by atoms with Gasteiger partial charge in [-0.25, -0.2) is 4.79 Å². The van der Waals surface area contributed by atoms with Crippen LogP contribution in [0.25, 0.3) is 0 Å². The number of aryl methyl sites for hydroxylation is 1. The Morgan fingerprint density at radius 3 is 2.92 bits per heavy atom. The van der Waals surface area contributed by atoms with Crippen molar-refractivity contribution in [2.75, 3.05) is 5.32 Å². The van der Waals surface area contributed by atoms with E-state index >= 15 is 0 Å². The Bertz CT molecular complexity index is 317. The van der Waals surface area contributed by atoms with Gasteiger partial charge in [-0.1, -0.05) is 0 Å². The van der Waals surface area contributed by atoms with Crippen molar-refractivity contribution in [3.63, 3.8) is 0 Å². The summed E-state index contributed by atoms with van der Waals surface area (Å²) >= 11 is 1.55. The van der Waals surface area contributed by atoms with E-state index in [4.69, 9.17) is 0 Å². The molecule has 0 saturated heterocycles. The van der Waals surface area contributed by atoms with Gasteiger partial charge in [0.2, 0.25) is 0 Å². The summed E-state index contributed by atoms with van der Waals surface area (Å²) in [7, 11) is 0. The molecule has 0 radical (unpaired) electrons. The van der Waals surface area contributed by atoms with Gasteiger partial charge in [0, 0.05) is 6.04 Å². The number of nitrogens with one attached hydrogen (secondary N) is 2. The highest BCUT2D eigenvalue weighted by Crippen LogP contribution is 2.21. The topological polar surface area (TPSA) is 41.1 Å². The number of hydrogen-bond donors (Lipinski definition) is 2. The summed E-state index contributed by atoms with van der Waals surface area (Å²) in [5.74, 6) is 0. The van der Waals surface area contributed by atoms with E-state index in [1.165, 1.54) is 5.56 Å². The van der Waals surface area contributed by atoms with E-state index in [1.807, 2.05) is 18.4 Å². The zero-order valence-corrected chi connectivity index (χ0v) is 8.28. The fourth-order valence-corrected chi connectivity index (χ4v) is 1.84. The summed E-state index contributed by atoms with van der Waals surface area (Å²) in [6.07, 6.45) is 2.24. The number of carbonyl (C=O) groups excluding carboxylic acids is 1. The van der Waals surface area contributed by atoms with Gasteiger partial charge in [0.25, 0.3) is 0 Å². The first-order valence-corrected chi connectivity index (χ1v) is 5.24. The summed E-state index contributed by atoms with van der Waals surface area (Å²) < 4.78 is 0. The van der Waals surface area contributed by atoms with Gasteiger partial charge in [-0.3, -0.25) is 5.32 Å². The van der Waals surface area contributed by atoms with E-state index < -0.39 is 0 Å². The normalized spacial score (nSPS) is 15.5. The largest absolute Gasteiger partial charge is 0.335 e. The van der Waals surface area contributed by atoms with E-state index in [-0.39, 0.29) is 6.03 Å². The van der Waals surface area contributed by atoms with Crippen molar-refractivity contribution < 1.29 is 4.79 Å². The molecule has 2 N–H and O–H groups in total. The SMILES string of the molecule is Cc1csc(NC(=O)NC2CC2)c1. The summed E-state index contributed by atoms with van der Waals surface area (Å²) in [5, 5.41) is 8.60. The van der Waals surface area contributed by atoms with Gasteiger partial charge in [-0.15, -0.1) is 11.3 Å². The molecule has 13 heavy (non-hydrogen) atoms. The van der Waals surface area contributed by atoms with Gasteiger partial charge in [0.15, 0.2) is 0 Å². The molecule has 1 saturated carbocycles. The number of amides is 2. The molecule has 1 heterocycles. The fourth-order valence-electron chi connectivity index (χ4n) is 1.06. The van der Waals surface area contributed by atoms with Crippen LogP contribution in [0, 0.1) is 6.92 Å². The third-order valence-corrected chi connectivity index (χ3v) is 2.84. The first kappa shape index (κ1) is 8.56. The fraction of sp³-hybridized carbons (Fsp3) is 0.444. The van der Waals surface area contributed by atoms with Crippen molar-refractivity contribution >= 4 is 22.4 Å². The Morgan fingerprint density at radius 2 is 2.38 bits per heavy atom. The lowest BCUT2D eigenvalue weighted by Gasteiger charge is -2.02. The first-order valence-electron chi connectivity index (χ1n) is 4.37. The Kier molecular flexibility index (Phi) is 2.22. The number of thiophene rings is 1. The molecule has 4 heteroatoms. The molecule has 0 aromatic carbocycles. The minimum absolute atomic E-state index is 0.0793. The van der Waals surface area contributed by atoms with E-state index in [9.17, 15) is 4.79 Å². The molecule has 0 bridgehead atoms. The van der Waals surface area contributed by atoms with Crippen molar-refractivity contribution in [1.29, 1.82) is 0 Å². The minimum Gasteiger partial charge on any atom is -0.335 e. The molecular formula is C9H12N2OS. The molecule has 1 aliphatic rings. The Morgan fingerprint density at radius 1 is 1.62 bits per heavy atom. The first-order chi connectivity index (χ1) is 6.24. The van der Waals surface area contributed by atoms with Crippen molar-refractivity contribution in [3.05, 3.63) is 17.0 Å². The zero-order valence-electron chi connectivity index (χ0n) is 7.46. The van der Waals surface area contributed by atoms with Crippen LogP contribution in [0.2, 0.25) is 0 Å². The van der Waals surface area contributed by atoms with Gasteiger partial charge in [0.1, 0.15) is 0 Å². The standard InChI is InChI=1S/C9H12N2OS/c1-6-4-8(13-5-6)11-9(12)10-7-2-3-7/h4-5,7H,2-3H2,1H3,(H2,10,11,12). The van der Waals surface area contributed by atoms with Crippen LogP contribution in [-0.2, 0) is 0 Å². The number of urea groups is 1. The maximum Gasteiger partial charge on any atom is 0.320 e. The number of carbonyl (C=O) groups is 1. The predicted octanol–water partition coefficient (Wildman–Crippen LogP) is 2.34. The number of hydrogen-bond acceptors (Lipinski definition) is 2. The molecule has 0 spiro atoms. The van der Waals surface area contributed by atoms with Crippen molar-refractivity contribution in [2.24, 2.45) is 0 Å². The molecular weight excluding hydrogens is 184 g/mol. The van der Waals surface area contributed by atoms with Crippen LogP contribution in [0.15, 0.2) is 11.4 Å². The predicted molar refractivity (Wildman–Crippen MR) is 54.2 cm³/mol. The second kappa shape index (κ2) is 3.38. The monoisotopic (exact) mass is 196 g/mol. The summed E-state index contributed by atoms with van der Waals surface area (Å²) in [4.78, 5) is 11.3. The lowest BCUT2D eigenvalue weighted by atomic mass is 10.4. The van der Waals surface area contributed by atoms with Crippen LogP contribution in [0.3, 0.4) is 0 Å². The average Bonchev–Trinajstić information content (AvgIpc) is 2.76. The van der Waals surface area contributed by atoms with Gasteiger partial charge in [0.05, 0.1) is 5.00 Å². The number of anilines is 1. The molecule has 2 rings (SSSR count). The van der Waals surface area contributed by atoms with Crippen LogP contribution in [0.5, 0.6) is 0 Å². The van der Waals surface area contributed by atoms with Crippen LogP contribution in [-0.4, -0.2) is 12.1 Å². The molecule has 0 aliphatic heterocycles. The molecule has 70 valence electrons. The van der Waals surface area contributed by atoms with E-state index in [1.54, 1.807) is 11.3 Å². The third-order valence-electron chi connectivity index (χ3n) is 1.88.